The Kier molecular flexibility index (Phi) is 7.37. The number of Topliss-reactive ketones (excluding diaryl/α,β-unsaturated/α-hetero) is 1. The Labute approximate surface area is 232 Å². The van der Waals surface area contributed by atoms with Gasteiger partial charge < -0.3 is 15.7 Å². The predicted octanol–water partition coefficient (Wildman–Crippen LogP) is 3.25. The summed E-state index contributed by atoms with van der Waals surface area (Å²) >= 11 is 0. The van der Waals surface area contributed by atoms with E-state index >= 15 is 0 Å². The summed E-state index contributed by atoms with van der Waals surface area (Å²) < 4.78 is 1.48. The molecule has 4 aromatic heterocycles. The lowest BCUT2D eigenvalue weighted by Gasteiger charge is -2.35. The van der Waals surface area contributed by atoms with Crippen LogP contribution < -0.4 is 5.73 Å². The first-order valence-electron chi connectivity index (χ1n) is 13.7. The van der Waals surface area contributed by atoms with Gasteiger partial charge in [-0.1, -0.05) is 13.0 Å². The van der Waals surface area contributed by atoms with E-state index in [0.717, 1.165) is 17.5 Å². The standard InChI is InChI=1S/C28H35N9O3/c1-5-19(36(6-2)27(39)25-32-17(4)34-35-25)9-10-21-23(16(3)38)24(29)37-26(33-21)20(15-31-37)18-8-11-22(30-14-18)28(40)12-7-13-28/h8,11,14-15,19,40H,5-7,9-10,12-13,29H2,1-4H3,(H,32,34,35). The Hall–Kier alpha value is -4.19. The fourth-order valence-electron chi connectivity index (χ4n) is 5.45. The topological polar surface area (TPSA) is 168 Å². The molecule has 4 aromatic rings. The van der Waals surface area contributed by atoms with E-state index in [1.165, 1.54) is 11.4 Å². The van der Waals surface area contributed by atoms with Gasteiger partial charge in [0.2, 0.25) is 5.82 Å². The number of amides is 1. The zero-order chi connectivity index (χ0) is 28.6. The second-order valence-corrected chi connectivity index (χ2v) is 10.4. The number of aliphatic hydroxyl groups is 1. The third-order valence-corrected chi connectivity index (χ3v) is 7.86. The molecule has 12 heteroatoms. The van der Waals surface area contributed by atoms with E-state index in [1.807, 2.05) is 26.0 Å². The maximum absolute atomic E-state index is 13.1. The zero-order valence-corrected chi connectivity index (χ0v) is 23.3. The Bertz CT molecular complexity index is 1550. The van der Waals surface area contributed by atoms with Crippen molar-refractivity contribution >= 4 is 23.2 Å². The molecule has 1 fully saturated rings. The molecule has 1 aliphatic carbocycles. The summed E-state index contributed by atoms with van der Waals surface area (Å²) in [7, 11) is 0. The van der Waals surface area contributed by atoms with Crippen LogP contribution in [0.25, 0.3) is 16.8 Å². The number of rotatable bonds is 10. The lowest BCUT2D eigenvalue weighted by atomic mass is 9.77. The van der Waals surface area contributed by atoms with Crippen LogP contribution in [0.3, 0.4) is 0 Å². The molecule has 0 bridgehead atoms. The number of aryl methyl sites for hydroxylation is 2. The second kappa shape index (κ2) is 10.8. The summed E-state index contributed by atoms with van der Waals surface area (Å²) in [5.41, 5.74) is 9.20. The van der Waals surface area contributed by atoms with E-state index in [4.69, 9.17) is 10.7 Å². The number of aromatic nitrogens is 7. The second-order valence-electron chi connectivity index (χ2n) is 10.4. The van der Waals surface area contributed by atoms with E-state index < -0.39 is 5.60 Å². The number of nitrogen functional groups attached to an aromatic ring is 1. The molecular weight excluding hydrogens is 510 g/mol. The van der Waals surface area contributed by atoms with Gasteiger partial charge in [-0.05, 0) is 65.4 Å². The molecule has 40 heavy (non-hydrogen) atoms. The summed E-state index contributed by atoms with van der Waals surface area (Å²) in [5.74, 6) is 0.492. The molecule has 1 unspecified atom stereocenters. The molecule has 210 valence electrons. The lowest BCUT2D eigenvalue weighted by molar-refractivity contribution is -0.0426. The number of carbonyl (C=O) groups is 2. The summed E-state index contributed by atoms with van der Waals surface area (Å²) in [4.78, 5) is 41.2. The Morgan fingerprint density at radius 2 is 2.00 bits per heavy atom. The maximum atomic E-state index is 13.1. The van der Waals surface area contributed by atoms with Gasteiger partial charge in [0.25, 0.3) is 5.91 Å². The molecule has 0 radical (unpaired) electrons. The van der Waals surface area contributed by atoms with Crippen molar-refractivity contribution < 1.29 is 14.7 Å². The molecule has 0 aliphatic heterocycles. The monoisotopic (exact) mass is 545 g/mol. The van der Waals surface area contributed by atoms with Gasteiger partial charge in [0, 0.05) is 29.9 Å². The molecular formula is C28H35N9O3. The highest BCUT2D eigenvalue weighted by Gasteiger charge is 2.37. The highest BCUT2D eigenvalue weighted by molar-refractivity contribution is 6.00. The van der Waals surface area contributed by atoms with E-state index in [1.54, 1.807) is 24.2 Å². The van der Waals surface area contributed by atoms with Crippen molar-refractivity contribution in [1.82, 2.24) is 39.7 Å². The first-order valence-corrected chi connectivity index (χ1v) is 13.7. The average Bonchev–Trinajstić information content (AvgIpc) is 3.56. The Balaban J connectivity index is 1.46. The van der Waals surface area contributed by atoms with Crippen LogP contribution in [0.2, 0.25) is 0 Å². The van der Waals surface area contributed by atoms with Crippen molar-refractivity contribution in [1.29, 1.82) is 0 Å². The number of carbonyl (C=O) groups excluding carboxylic acids is 2. The van der Waals surface area contributed by atoms with Gasteiger partial charge in [-0.15, -0.1) is 5.10 Å². The van der Waals surface area contributed by atoms with E-state index in [9.17, 15) is 14.7 Å². The van der Waals surface area contributed by atoms with Gasteiger partial charge in [-0.3, -0.25) is 19.7 Å². The highest BCUT2D eigenvalue weighted by Crippen LogP contribution is 2.40. The number of aromatic amines is 1. The number of hydrogen-bond acceptors (Lipinski definition) is 9. The molecule has 5 rings (SSSR count). The summed E-state index contributed by atoms with van der Waals surface area (Å²) in [6, 6.07) is 3.62. The van der Waals surface area contributed by atoms with E-state index in [0.29, 0.717) is 67.1 Å². The highest BCUT2D eigenvalue weighted by atomic mass is 16.3. The largest absolute Gasteiger partial charge is 0.384 e. The fourth-order valence-corrected chi connectivity index (χ4v) is 5.45. The van der Waals surface area contributed by atoms with Gasteiger partial charge in [-0.2, -0.15) is 9.61 Å². The van der Waals surface area contributed by atoms with Gasteiger partial charge >= 0.3 is 0 Å². The van der Waals surface area contributed by atoms with Crippen molar-refractivity contribution in [2.24, 2.45) is 0 Å². The molecule has 4 N–H and O–H groups in total. The Morgan fingerprint density at radius 3 is 2.55 bits per heavy atom. The normalized spacial score (nSPS) is 15.1. The first-order chi connectivity index (χ1) is 19.2. The van der Waals surface area contributed by atoms with Crippen LogP contribution >= 0.6 is 0 Å². The van der Waals surface area contributed by atoms with Gasteiger partial charge in [-0.25, -0.2) is 9.97 Å². The lowest BCUT2D eigenvalue weighted by Crippen LogP contribution is -2.40. The van der Waals surface area contributed by atoms with Crippen molar-refractivity contribution in [3.8, 4) is 11.1 Å². The van der Waals surface area contributed by atoms with Crippen LogP contribution in [0.5, 0.6) is 0 Å². The molecule has 1 aliphatic rings. The molecule has 0 saturated heterocycles. The molecule has 4 heterocycles. The smallest absolute Gasteiger partial charge is 0.293 e. The number of ketones is 1. The van der Waals surface area contributed by atoms with Crippen LogP contribution in [-0.4, -0.2) is 69.0 Å². The number of nitrogens with two attached hydrogens (primary N) is 1. The van der Waals surface area contributed by atoms with Gasteiger partial charge in [0.1, 0.15) is 17.2 Å². The average molecular weight is 546 g/mol. The van der Waals surface area contributed by atoms with Crippen LogP contribution in [-0.2, 0) is 12.0 Å². The van der Waals surface area contributed by atoms with Gasteiger partial charge in [0.15, 0.2) is 11.4 Å². The summed E-state index contributed by atoms with van der Waals surface area (Å²) in [6.45, 7) is 7.65. The zero-order valence-electron chi connectivity index (χ0n) is 23.3. The minimum atomic E-state index is -0.846. The molecule has 1 atom stereocenters. The maximum Gasteiger partial charge on any atom is 0.293 e. The SMILES string of the molecule is CCC(CCc1nc2c(-c3ccc(C4(O)CCC4)nc3)cnn2c(N)c1C(C)=O)N(CC)C(=O)c1n[nH]c(C)n1. The van der Waals surface area contributed by atoms with Crippen molar-refractivity contribution in [3.05, 3.63) is 53.1 Å². The predicted molar refractivity (Wildman–Crippen MR) is 149 cm³/mol. The van der Waals surface area contributed by atoms with Crippen molar-refractivity contribution in [3.63, 3.8) is 0 Å². The number of hydrogen-bond donors (Lipinski definition) is 3. The van der Waals surface area contributed by atoms with Crippen LogP contribution in [0.15, 0.2) is 24.5 Å². The number of pyridine rings is 1. The minimum absolute atomic E-state index is 0.117. The quantitative estimate of drug-likeness (QED) is 0.253. The number of fused-ring (bicyclic) bond motifs is 1. The Morgan fingerprint density at radius 1 is 1.23 bits per heavy atom. The summed E-state index contributed by atoms with van der Waals surface area (Å²) in [6.07, 6.45) is 7.49. The van der Waals surface area contributed by atoms with E-state index in [-0.39, 0.29) is 29.4 Å². The molecule has 0 aromatic carbocycles. The third kappa shape index (κ3) is 4.83. The van der Waals surface area contributed by atoms with E-state index in [2.05, 4.69) is 25.3 Å². The van der Waals surface area contributed by atoms with Crippen LogP contribution in [0.4, 0.5) is 5.82 Å². The molecule has 0 spiro atoms. The molecule has 12 nitrogen and oxygen atoms in total. The van der Waals surface area contributed by atoms with Crippen LogP contribution in [0, 0.1) is 6.92 Å². The first kappa shape index (κ1) is 27.4. The number of H-pyrrole nitrogens is 1. The van der Waals surface area contributed by atoms with Gasteiger partial charge in [0.05, 0.1) is 23.1 Å². The van der Waals surface area contributed by atoms with Crippen molar-refractivity contribution in [2.45, 2.75) is 77.9 Å². The third-order valence-electron chi connectivity index (χ3n) is 7.86. The fraction of sp³-hybridized carbons (Fsp3) is 0.464. The van der Waals surface area contributed by atoms with Crippen molar-refractivity contribution in [2.75, 3.05) is 12.3 Å². The number of nitrogens with one attached hydrogen (secondary N) is 1. The van der Waals surface area contributed by atoms with Crippen LogP contribution in [0.1, 0.15) is 91.1 Å². The molecule has 1 amide bonds. The number of nitrogens with zero attached hydrogens (tertiary/aromatic N) is 7. The minimum Gasteiger partial charge on any atom is -0.384 e. The molecule has 1 saturated carbocycles. The number of anilines is 1. The summed E-state index contributed by atoms with van der Waals surface area (Å²) in [5, 5.41) is 21.8.